The van der Waals surface area contributed by atoms with E-state index >= 15 is 0 Å². The van der Waals surface area contributed by atoms with Crippen LogP contribution in [0.4, 0.5) is 0 Å². The highest BCUT2D eigenvalue weighted by Gasteiger charge is 2.50. The molecule has 4 rings (SSSR count). The highest BCUT2D eigenvalue weighted by Crippen LogP contribution is 2.42. The van der Waals surface area contributed by atoms with Gasteiger partial charge in [0.05, 0.1) is 56.1 Å². The first kappa shape index (κ1) is 58.6. The van der Waals surface area contributed by atoms with Crippen LogP contribution in [0.25, 0.3) is 0 Å². The van der Waals surface area contributed by atoms with Crippen LogP contribution in [0.3, 0.4) is 0 Å². The molecule has 2 saturated heterocycles. The maximum Gasteiger partial charge on any atom is 0.342 e. The average Bonchev–Trinajstić information content (AvgIpc) is 3.69. The van der Waals surface area contributed by atoms with Crippen molar-refractivity contribution in [2.45, 2.75) is 167 Å². The number of likely N-dealkylation sites (N-methyl/N-ethyl adjacent to an activating group) is 3. The number of benzene rings is 1. The molecule has 3 aliphatic heterocycles. The fourth-order valence-corrected chi connectivity index (χ4v) is 10.0. The number of rotatable bonds is 15. The third kappa shape index (κ3) is 13.8. The van der Waals surface area contributed by atoms with Gasteiger partial charge >= 0.3 is 17.9 Å². The number of amides is 1. The van der Waals surface area contributed by atoms with Crippen molar-refractivity contribution < 1.29 is 83.3 Å². The summed E-state index contributed by atoms with van der Waals surface area (Å²) >= 11 is 0. The normalized spacial score (nSPS) is 34.0. The van der Waals surface area contributed by atoms with Crippen molar-refractivity contribution in [3.8, 4) is 11.5 Å². The van der Waals surface area contributed by atoms with Crippen molar-refractivity contribution >= 4 is 23.8 Å². The van der Waals surface area contributed by atoms with Crippen LogP contribution in [-0.2, 0) is 51.1 Å². The second-order valence-electron chi connectivity index (χ2n) is 20.6. The third-order valence-electron chi connectivity index (χ3n) is 14.7. The molecule has 2 fully saturated rings. The van der Waals surface area contributed by atoms with Gasteiger partial charge in [-0.1, -0.05) is 25.5 Å². The van der Waals surface area contributed by atoms with Crippen LogP contribution in [0.15, 0.2) is 11.6 Å². The Kier molecular flexibility index (Phi) is 20.6. The number of carbonyl (C=O) groups is 4. The summed E-state index contributed by atoms with van der Waals surface area (Å²) in [7, 11) is 6.47. The molecule has 0 bridgehead atoms. The molecule has 1 aromatic carbocycles. The van der Waals surface area contributed by atoms with E-state index in [1.54, 1.807) is 58.6 Å². The molecule has 1 amide bonds. The highest BCUT2D eigenvalue weighted by atomic mass is 16.7. The molecule has 0 spiro atoms. The number of aliphatic hydroxyl groups is 6. The van der Waals surface area contributed by atoms with Gasteiger partial charge in [-0.3, -0.25) is 19.3 Å². The zero-order valence-electron chi connectivity index (χ0n) is 43.3. The van der Waals surface area contributed by atoms with Crippen molar-refractivity contribution in [3.63, 3.8) is 0 Å². The number of methoxy groups -OCH3 is 1. The van der Waals surface area contributed by atoms with Gasteiger partial charge in [0.2, 0.25) is 5.91 Å². The van der Waals surface area contributed by atoms with Crippen LogP contribution in [0.1, 0.15) is 108 Å². The van der Waals surface area contributed by atoms with Crippen molar-refractivity contribution in [3.05, 3.63) is 33.9 Å². The van der Waals surface area contributed by atoms with Crippen LogP contribution in [0, 0.1) is 24.7 Å². The van der Waals surface area contributed by atoms with Crippen LogP contribution in [0.5, 0.6) is 11.5 Å². The molecule has 20 heteroatoms. The quantitative estimate of drug-likeness (QED) is 0.0747. The van der Waals surface area contributed by atoms with Crippen molar-refractivity contribution in [1.82, 2.24) is 14.7 Å². The van der Waals surface area contributed by atoms with Gasteiger partial charge in [0.15, 0.2) is 12.4 Å². The summed E-state index contributed by atoms with van der Waals surface area (Å²) < 4.78 is 34.3. The Morgan fingerprint density at radius 1 is 1.01 bits per heavy atom. The predicted molar refractivity (Wildman–Crippen MR) is 254 cm³/mol. The zero-order chi connectivity index (χ0) is 52.7. The van der Waals surface area contributed by atoms with Crippen LogP contribution in [-0.4, -0.2) is 202 Å². The number of aromatic hydroxyl groups is 1. The fraction of sp³-hybridized carbons (Fsp3) is 0.760. The molecular formula is C50H81N3O17. The number of phenols is 1. The first-order valence-corrected chi connectivity index (χ1v) is 24.2. The van der Waals surface area contributed by atoms with Gasteiger partial charge in [0, 0.05) is 49.6 Å². The summed E-state index contributed by atoms with van der Waals surface area (Å²) in [5, 5.41) is 79.4. The van der Waals surface area contributed by atoms with E-state index in [0.29, 0.717) is 29.8 Å². The summed E-state index contributed by atoms with van der Waals surface area (Å²) in [6, 6.07) is -1.50. The first-order chi connectivity index (χ1) is 32.6. The number of carbonyl (C=O) groups excluding carboxylic acids is 4. The van der Waals surface area contributed by atoms with Crippen molar-refractivity contribution in [2.75, 3.05) is 61.1 Å². The maximum atomic E-state index is 13.7. The molecule has 0 saturated carbocycles. The number of hydrogen-bond acceptors (Lipinski definition) is 19. The summed E-state index contributed by atoms with van der Waals surface area (Å²) in [5.41, 5.74) is -1.01. The molecule has 398 valence electrons. The smallest absolute Gasteiger partial charge is 0.342 e. The lowest BCUT2D eigenvalue weighted by atomic mass is 9.78. The summed E-state index contributed by atoms with van der Waals surface area (Å²) in [4.78, 5) is 57.0. The van der Waals surface area contributed by atoms with Crippen molar-refractivity contribution in [1.29, 1.82) is 0 Å². The van der Waals surface area contributed by atoms with Gasteiger partial charge in [0.1, 0.15) is 48.1 Å². The zero-order valence-corrected chi connectivity index (χ0v) is 43.3. The lowest BCUT2D eigenvalue weighted by molar-refractivity contribution is -0.299. The van der Waals surface area contributed by atoms with E-state index in [4.69, 9.17) is 28.4 Å². The van der Waals surface area contributed by atoms with Gasteiger partial charge in [-0.05, 0) is 99.7 Å². The molecule has 0 aliphatic carbocycles. The Morgan fingerprint density at radius 2 is 1.67 bits per heavy atom. The molecule has 14 atom stereocenters. The number of ether oxygens (including phenoxy) is 6. The van der Waals surface area contributed by atoms with E-state index in [2.05, 4.69) is 0 Å². The molecule has 1 aromatic rings. The van der Waals surface area contributed by atoms with Crippen LogP contribution >= 0.6 is 0 Å². The predicted octanol–water partition coefficient (Wildman–Crippen LogP) is 1.59. The topological polar surface area (TPSA) is 275 Å². The van der Waals surface area contributed by atoms with Gasteiger partial charge in [-0.2, -0.15) is 0 Å². The van der Waals surface area contributed by atoms with E-state index < -0.39 is 103 Å². The minimum absolute atomic E-state index is 0.0118. The third-order valence-corrected chi connectivity index (χ3v) is 14.7. The summed E-state index contributed by atoms with van der Waals surface area (Å²) in [5.74, 6) is -4.60. The Bertz CT molecular complexity index is 2010. The summed E-state index contributed by atoms with van der Waals surface area (Å²) in [6.45, 7) is 14.5. The number of aliphatic hydroxyl groups excluding tert-OH is 4. The molecule has 3 aliphatic rings. The maximum absolute atomic E-state index is 13.7. The van der Waals surface area contributed by atoms with Crippen LogP contribution < -0.4 is 4.74 Å². The molecular weight excluding hydrogens is 915 g/mol. The monoisotopic (exact) mass is 996 g/mol. The van der Waals surface area contributed by atoms with E-state index in [1.807, 2.05) is 19.9 Å². The largest absolute Gasteiger partial charge is 0.507 e. The molecule has 20 nitrogen and oxygen atoms in total. The standard InChI is InChI=1S/C50H81N3O17/c1-26(14-16-33-41(58)39-34(25-67-47(39)62)29(4)43(33)65-13)15-17-38(56)66-19-18-51(10)23-37(55)53(12)35-20-28(3)68-48(42(35)59)70-45-30(5)40(57)31(6)46(61)69-36(24-54)50(9,64)44(60)32(7)52(11)22-27(2)21-49(45,8)63/h14,27-28,30-32,35-36,40,42,44-45,48,54,57-60,63-64H,15-25H2,1-13H3/b26-14+/t27-,28-,30+,31-,32-,35+,36-,40+,42-,44-,45-,48+,49-,50-/m1/s1. The molecule has 7 N–H and O–H groups in total. The molecule has 70 heavy (non-hydrogen) atoms. The van der Waals surface area contributed by atoms with Gasteiger partial charge in [0.25, 0.3) is 0 Å². The first-order valence-electron chi connectivity index (χ1n) is 24.2. The van der Waals surface area contributed by atoms with Crippen molar-refractivity contribution in [2.24, 2.45) is 17.8 Å². The minimum atomic E-state index is -2.08. The molecule has 3 heterocycles. The number of fused-ring (bicyclic) bond motifs is 1. The van der Waals surface area contributed by atoms with E-state index in [0.717, 1.165) is 11.1 Å². The highest BCUT2D eigenvalue weighted by molar-refractivity contribution is 5.98. The van der Waals surface area contributed by atoms with Gasteiger partial charge in [-0.15, -0.1) is 0 Å². The Labute approximate surface area is 412 Å². The molecule has 0 radical (unpaired) electrons. The lowest BCUT2D eigenvalue weighted by Crippen LogP contribution is -2.60. The van der Waals surface area contributed by atoms with Gasteiger partial charge in [-0.25, -0.2) is 4.79 Å². The van der Waals surface area contributed by atoms with E-state index in [1.165, 1.54) is 32.8 Å². The Balaban J connectivity index is 1.37. The number of allylic oxidation sites excluding steroid dienone is 2. The van der Waals surface area contributed by atoms with E-state index in [9.17, 15) is 54.9 Å². The lowest BCUT2D eigenvalue weighted by Gasteiger charge is -2.47. The number of esters is 3. The fourth-order valence-electron chi connectivity index (χ4n) is 10.0. The number of hydrogen-bond donors (Lipinski definition) is 7. The number of phenolic OH excluding ortho intramolecular Hbond substituents is 1. The van der Waals surface area contributed by atoms with Crippen LogP contribution in [0.2, 0.25) is 0 Å². The number of cyclic esters (lactones) is 2. The Hall–Kier alpha value is -3.96. The SMILES string of the molecule is COc1c(C)c2c(c(O)c1C/C=C(\C)CCC(=O)OCCN(C)CC(=O)N(C)[C@H]1C[C@@H](C)O[C@@H](O[C@@H]3[C@@H](C)[C@H](O)[C@@H](C)C(=O)O[C@H](CO)[C@@](C)(O)[C@H](O)[C@@H](C)N(C)C[C@H](C)C[C@@]3(C)O)[C@@H]1O)C(=O)OC2. The Morgan fingerprint density at radius 3 is 2.30 bits per heavy atom. The minimum Gasteiger partial charge on any atom is -0.507 e. The summed E-state index contributed by atoms with van der Waals surface area (Å²) in [6.07, 6.45) is -6.24. The van der Waals surface area contributed by atoms with E-state index in [-0.39, 0.29) is 75.1 Å². The second kappa shape index (κ2) is 24.6. The average molecular weight is 996 g/mol. The number of nitrogens with zero attached hydrogens (tertiary/aromatic N) is 3. The molecule has 0 unspecified atom stereocenters. The van der Waals surface area contributed by atoms with Gasteiger partial charge < -0.3 is 74.0 Å². The second-order valence-corrected chi connectivity index (χ2v) is 20.6. The molecule has 0 aromatic heterocycles.